The molecule has 0 aromatic carbocycles. The molecule has 0 atom stereocenters. The van der Waals surface area contributed by atoms with Crippen LogP contribution in [0.4, 0.5) is 0 Å². The number of H-pyrrole nitrogens is 1. The van der Waals surface area contributed by atoms with Gasteiger partial charge in [0, 0.05) is 11.9 Å². The molecule has 2 N–H and O–H groups in total. The van der Waals surface area contributed by atoms with Gasteiger partial charge in [-0.05, 0) is 19.1 Å². The Balaban J connectivity index is 1.97. The van der Waals surface area contributed by atoms with E-state index in [0.717, 1.165) is 5.69 Å². The maximum absolute atomic E-state index is 11.5. The molecule has 0 spiro atoms. The first-order valence-corrected chi connectivity index (χ1v) is 5.02. The number of hydrazone groups is 1. The molecule has 2 rings (SSSR count). The van der Waals surface area contributed by atoms with E-state index in [1.807, 2.05) is 6.92 Å². The van der Waals surface area contributed by atoms with Crippen LogP contribution in [-0.4, -0.2) is 27.1 Å². The predicted octanol–water partition coefficient (Wildman–Crippen LogP) is 0.877. The average Bonchev–Trinajstić information content (AvgIpc) is 2.76. The van der Waals surface area contributed by atoms with Gasteiger partial charge in [0.05, 0.1) is 12.5 Å². The van der Waals surface area contributed by atoms with Crippen molar-refractivity contribution in [3.63, 3.8) is 0 Å². The summed E-state index contributed by atoms with van der Waals surface area (Å²) in [5.74, 6) is -0.352. The molecule has 0 bridgehead atoms. The molecule has 0 aliphatic carbocycles. The Bertz CT molecular complexity index is 532. The Hall–Kier alpha value is -2.50. The third-order valence-electron chi connectivity index (χ3n) is 2.12. The number of nitrogens with one attached hydrogen (secondary N) is 2. The van der Waals surface area contributed by atoms with E-state index in [1.165, 1.54) is 6.21 Å². The second-order valence-corrected chi connectivity index (χ2v) is 3.33. The number of nitrogens with zero attached hydrogens (tertiary/aromatic N) is 3. The van der Waals surface area contributed by atoms with Gasteiger partial charge >= 0.3 is 0 Å². The number of carbonyl (C=O) groups is 1. The van der Waals surface area contributed by atoms with E-state index in [-0.39, 0.29) is 5.91 Å². The zero-order valence-corrected chi connectivity index (χ0v) is 9.21. The highest BCUT2D eigenvalue weighted by atomic mass is 16.2. The van der Waals surface area contributed by atoms with Crippen molar-refractivity contribution >= 4 is 12.1 Å². The van der Waals surface area contributed by atoms with Gasteiger partial charge in [-0.1, -0.05) is 6.07 Å². The van der Waals surface area contributed by atoms with Crippen molar-refractivity contribution in [3.05, 3.63) is 47.8 Å². The van der Waals surface area contributed by atoms with Gasteiger partial charge in [-0.3, -0.25) is 9.78 Å². The summed E-state index contributed by atoms with van der Waals surface area (Å²) in [6, 6.07) is 5.10. The predicted molar refractivity (Wildman–Crippen MR) is 62.6 cm³/mol. The van der Waals surface area contributed by atoms with E-state index >= 15 is 0 Å². The highest BCUT2D eigenvalue weighted by Gasteiger charge is 2.03. The minimum Gasteiger partial charge on any atom is -0.348 e. The number of carbonyl (C=O) groups excluding carboxylic acids is 1. The number of imidazole rings is 1. The Morgan fingerprint density at radius 3 is 3.00 bits per heavy atom. The molecule has 0 unspecified atom stereocenters. The summed E-state index contributed by atoms with van der Waals surface area (Å²) in [5, 5.41) is 3.80. The monoisotopic (exact) mass is 229 g/mol. The molecular formula is C11H11N5O. The Labute approximate surface area is 97.8 Å². The summed E-state index contributed by atoms with van der Waals surface area (Å²) in [6.07, 6.45) is 4.60. The molecule has 2 heterocycles. The number of aromatic amines is 1. The van der Waals surface area contributed by atoms with Gasteiger partial charge in [0.25, 0.3) is 5.91 Å². The van der Waals surface area contributed by atoms with Crippen molar-refractivity contribution < 1.29 is 4.79 Å². The number of aryl methyl sites for hydroxylation is 1. The number of hydrogen-bond donors (Lipinski definition) is 2. The van der Waals surface area contributed by atoms with Gasteiger partial charge in [-0.25, -0.2) is 10.4 Å². The molecule has 0 aliphatic rings. The molecule has 6 heteroatoms. The first-order chi connectivity index (χ1) is 8.27. The zero-order valence-electron chi connectivity index (χ0n) is 9.21. The minimum atomic E-state index is -0.352. The average molecular weight is 229 g/mol. The van der Waals surface area contributed by atoms with E-state index in [1.54, 1.807) is 30.7 Å². The molecule has 86 valence electrons. The van der Waals surface area contributed by atoms with E-state index in [9.17, 15) is 4.79 Å². The normalized spacial score (nSPS) is 10.6. The van der Waals surface area contributed by atoms with Crippen LogP contribution in [0.15, 0.2) is 35.8 Å². The van der Waals surface area contributed by atoms with Crippen LogP contribution in [-0.2, 0) is 0 Å². The highest BCUT2D eigenvalue weighted by Crippen LogP contribution is 1.96. The van der Waals surface area contributed by atoms with Crippen molar-refractivity contribution in [2.45, 2.75) is 6.92 Å². The second kappa shape index (κ2) is 5.02. The van der Waals surface area contributed by atoms with Gasteiger partial charge in [-0.15, -0.1) is 0 Å². The third kappa shape index (κ3) is 2.75. The SMILES string of the molecule is Cc1[nH]cnc1/C=N/NC(=O)c1ccccn1. The molecule has 6 nitrogen and oxygen atoms in total. The van der Waals surface area contributed by atoms with Gasteiger partial charge < -0.3 is 4.98 Å². The molecule has 0 saturated heterocycles. The lowest BCUT2D eigenvalue weighted by molar-refractivity contribution is 0.0950. The molecule has 0 radical (unpaired) electrons. The summed E-state index contributed by atoms with van der Waals surface area (Å²) in [6.45, 7) is 1.87. The Kier molecular flexibility index (Phi) is 3.25. The number of rotatable bonds is 3. The third-order valence-corrected chi connectivity index (χ3v) is 2.12. The number of amides is 1. The van der Waals surface area contributed by atoms with Crippen molar-refractivity contribution in [1.82, 2.24) is 20.4 Å². The molecular weight excluding hydrogens is 218 g/mol. The number of pyridine rings is 1. The van der Waals surface area contributed by atoms with E-state index < -0.39 is 0 Å². The zero-order chi connectivity index (χ0) is 12.1. The van der Waals surface area contributed by atoms with Crippen LogP contribution in [0.25, 0.3) is 0 Å². The van der Waals surface area contributed by atoms with Gasteiger partial charge in [-0.2, -0.15) is 5.10 Å². The fraction of sp³-hybridized carbons (Fsp3) is 0.0909. The molecule has 0 fully saturated rings. The van der Waals surface area contributed by atoms with Crippen LogP contribution < -0.4 is 5.43 Å². The number of aromatic nitrogens is 3. The summed E-state index contributed by atoms with van der Waals surface area (Å²) in [7, 11) is 0. The summed E-state index contributed by atoms with van der Waals surface area (Å²) in [4.78, 5) is 22.4. The summed E-state index contributed by atoms with van der Waals surface area (Å²) >= 11 is 0. The molecule has 2 aromatic heterocycles. The van der Waals surface area contributed by atoms with Gasteiger partial charge in [0.15, 0.2) is 0 Å². The lowest BCUT2D eigenvalue weighted by Gasteiger charge is -1.97. The topological polar surface area (TPSA) is 83.0 Å². The second-order valence-electron chi connectivity index (χ2n) is 3.33. The molecule has 1 amide bonds. The maximum atomic E-state index is 11.5. The van der Waals surface area contributed by atoms with Crippen molar-refractivity contribution in [1.29, 1.82) is 0 Å². The minimum absolute atomic E-state index is 0.323. The van der Waals surface area contributed by atoms with Crippen molar-refractivity contribution in [2.24, 2.45) is 5.10 Å². The summed E-state index contributed by atoms with van der Waals surface area (Å²) < 4.78 is 0. The van der Waals surface area contributed by atoms with E-state index in [4.69, 9.17) is 0 Å². The van der Waals surface area contributed by atoms with E-state index in [0.29, 0.717) is 11.4 Å². The largest absolute Gasteiger partial charge is 0.348 e. The van der Waals surface area contributed by atoms with Gasteiger partial charge in [0.2, 0.25) is 0 Å². The first kappa shape index (κ1) is 11.0. The highest BCUT2D eigenvalue weighted by molar-refractivity contribution is 5.92. The van der Waals surface area contributed by atoms with Crippen LogP contribution >= 0.6 is 0 Å². The lowest BCUT2D eigenvalue weighted by atomic mass is 10.3. The molecule has 2 aromatic rings. The van der Waals surface area contributed by atoms with Crippen LogP contribution in [0, 0.1) is 6.92 Å². The quantitative estimate of drug-likeness (QED) is 0.605. The van der Waals surface area contributed by atoms with E-state index in [2.05, 4.69) is 25.5 Å². The van der Waals surface area contributed by atoms with Crippen LogP contribution in [0.1, 0.15) is 21.9 Å². The molecule has 17 heavy (non-hydrogen) atoms. The van der Waals surface area contributed by atoms with Gasteiger partial charge in [0.1, 0.15) is 11.4 Å². The van der Waals surface area contributed by atoms with Crippen LogP contribution in [0.5, 0.6) is 0 Å². The Morgan fingerprint density at radius 2 is 2.35 bits per heavy atom. The van der Waals surface area contributed by atoms with Crippen molar-refractivity contribution in [2.75, 3.05) is 0 Å². The first-order valence-electron chi connectivity index (χ1n) is 5.02. The maximum Gasteiger partial charge on any atom is 0.289 e. The fourth-order valence-corrected chi connectivity index (χ4v) is 1.21. The number of hydrogen-bond acceptors (Lipinski definition) is 4. The lowest BCUT2D eigenvalue weighted by Crippen LogP contribution is -2.18. The molecule has 0 saturated carbocycles. The Morgan fingerprint density at radius 1 is 1.47 bits per heavy atom. The smallest absolute Gasteiger partial charge is 0.289 e. The van der Waals surface area contributed by atoms with Crippen LogP contribution in [0.2, 0.25) is 0 Å². The standard InChI is InChI=1S/C11H11N5O/c1-8-10(14-7-13-8)6-15-16-11(17)9-4-2-3-5-12-9/h2-7H,1H3,(H,13,14)(H,16,17)/b15-6+. The summed E-state index contributed by atoms with van der Waals surface area (Å²) in [5.41, 5.74) is 4.28. The van der Waals surface area contributed by atoms with Crippen LogP contribution in [0.3, 0.4) is 0 Å². The van der Waals surface area contributed by atoms with Crippen molar-refractivity contribution in [3.8, 4) is 0 Å². The fourth-order valence-electron chi connectivity index (χ4n) is 1.21. The molecule has 0 aliphatic heterocycles.